The minimum Gasteiger partial charge on any atom is -0.310 e. The molecule has 0 saturated carbocycles. The Morgan fingerprint density at radius 2 is 0.582 bits per heavy atom. The summed E-state index contributed by atoms with van der Waals surface area (Å²) >= 11 is 0. The molecule has 0 heterocycles. The molecular weight excluding hydrogens is 841 g/mol. The highest BCUT2D eigenvalue weighted by atomic mass is 28.4. The Kier molecular flexibility index (Phi) is 10.5. The van der Waals surface area contributed by atoms with Gasteiger partial charge in [-0.15, -0.1) is 0 Å². The fraction of sp³-hybridized carbons (Fsp3) is 0.111. The molecule has 0 aromatic heterocycles. The van der Waals surface area contributed by atoms with E-state index in [0.29, 0.717) is 0 Å². The summed E-state index contributed by atoms with van der Waals surface area (Å²) < 4.78 is -0.176. The van der Waals surface area contributed by atoms with E-state index in [0.717, 1.165) is 22.7 Å². The van der Waals surface area contributed by atoms with Gasteiger partial charge in [-0.25, -0.2) is 0 Å². The van der Waals surface area contributed by atoms with Crippen LogP contribution in [0.5, 0.6) is 0 Å². The second-order valence-corrected chi connectivity index (χ2v) is 31.2. The fourth-order valence-corrected chi connectivity index (χ4v) is 25.0. The SMILES string of the molecule is C[Si](C)(C)C1([Si](C)(C)C)c2cc(N(c3ccccc3)c3cccc(-c4ccccc4)c3)c3ccccc3c2-c2c1cc(N(c1ccccc1)c1cccc(-c3ccccc3)c1)c1ccccc21. The number of rotatable bonds is 10. The van der Waals surface area contributed by atoms with Crippen LogP contribution >= 0.6 is 0 Å². The molecule has 4 heteroatoms. The largest absolute Gasteiger partial charge is 0.310 e. The monoisotopic (exact) mass is 896 g/mol. The number of anilines is 6. The number of hydrogen-bond acceptors (Lipinski definition) is 2. The van der Waals surface area contributed by atoms with Crippen LogP contribution in [0.2, 0.25) is 39.3 Å². The summed E-state index contributed by atoms with van der Waals surface area (Å²) in [6.07, 6.45) is 0. The second kappa shape index (κ2) is 16.6. The summed E-state index contributed by atoms with van der Waals surface area (Å²) in [5.41, 5.74) is 17.6. The summed E-state index contributed by atoms with van der Waals surface area (Å²) in [5, 5.41) is 5.12. The average molecular weight is 897 g/mol. The van der Waals surface area contributed by atoms with Gasteiger partial charge < -0.3 is 9.80 Å². The molecule has 0 N–H and O–H groups in total. The van der Waals surface area contributed by atoms with Crippen LogP contribution in [0.15, 0.2) is 231 Å². The lowest BCUT2D eigenvalue weighted by Crippen LogP contribution is -2.63. The second-order valence-electron chi connectivity index (χ2n) is 20.2. The van der Waals surface area contributed by atoms with Crippen LogP contribution in [0.3, 0.4) is 0 Å². The van der Waals surface area contributed by atoms with E-state index in [1.807, 2.05) is 0 Å². The molecule has 1 aliphatic rings. The fourth-order valence-electron chi connectivity index (χ4n) is 12.0. The van der Waals surface area contributed by atoms with Gasteiger partial charge >= 0.3 is 0 Å². The Balaban J connectivity index is 1.24. The van der Waals surface area contributed by atoms with Crippen LogP contribution in [-0.4, -0.2) is 16.1 Å². The lowest BCUT2D eigenvalue weighted by Gasteiger charge is -2.51. The molecule has 11 rings (SSSR count). The van der Waals surface area contributed by atoms with Crippen molar-refractivity contribution < 1.29 is 0 Å². The van der Waals surface area contributed by atoms with Crippen molar-refractivity contribution in [3.63, 3.8) is 0 Å². The van der Waals surface area contributed by atoms with E-state index >= 15 is 0 Å². The number of benzene rings is 10. The Bertz CT molecular complexity index is 3200. The molecule has 0 radical (unpaired) electrons. The molecule has 326 valence electrons. The van der Waals surface area contributed by atoms with Gasteiger partial charge in [-0.1, -0.05) is 209 Å². The highest BCUT2D eigenvalue weighted by Gasteiger charge is 2.60. The van der Waals surface area contributed by atoms with Gasteiger partial charge in [0.05, 0.1) is 27.5 Å². The van der Waals surface area contributed by atoms with Crippen molar-refractivity contribution >= 4 is 71.8 Å². The molecule has 67 heavy (non-hydrogen) atoms. The van der Waals surface area contributed by atoms with Crippen LogP contribution in [0.25, 0.3) is 54.9 Å². The van der Waals surface area contributed by atoms with Crippen molar-refractivity contribution in [3.05, 3.63) is 242 Å². The Morgan fingerprint density at radius 3 is 0.940 bits per heavy atom. The number of nitrogens with zero attached hydrogens (tertiary/aromatic N) is 2. The molecule has 0 spiro atoms. The quantitative estimate of drug-likeness (QED) is 0.126. The third-order valence-electron chi connectivity index (χ3n) is 14.3. The van der Waals surface area contributed by atoms with Gasteiger partial charge in [-0.05, 0) is 116 Å². The van der Waals surface area contributed by atoms with E-state index in [1.165, 1.54) is 77.4 Å². The van der Waals surface area contributed by atoms with Crippen LogP contribution in [0, 0.1) is 0 Å². The van der Waals surface area contributed by atoms with Gasteiger partial charge in [0.15, 0.2) is 0 Å². The van der Waals surface area contributed by atoms with Gasteiger partial charge in [0.25, 0.3) is 0 Å². The van der Waals surface area contributed by atoms with Crippen molar-refractivity contribution in [2.24, 2.45) is 0 Å². The third-order valence-corrected chi connectivity index (χ3v) is 24.4. The molecule has 1 aliphatic carbocycles. The molecule has 10 aromatic rings. The normalized spacial score (nSPS) is 13.0. The topological polar surface area (TPSA) is 6.48 Å². The van der Waals surface area contributed by atoms with Gasteiger partial charge in [0.2, 0.25) is 0 Å². The molecule has 2 nitrogen and oxygen atoms in total. The molecule has 0 fully saturated rings. The minimum atomic E-state index is -2.20. The highest BCUT2D eigenvalue weighted by Crippen LogP contribution is 2.63. The first-order valence-electron chi connectivity index (χ1n) is 23.7. The van der Waals surface area contributed by atoms with Crippen molar-refractivity contribution in [1.29, 1.82) is 0 Å². The van der Waals surface area contributed by atoms with Crippen molar-refractivity contribution in [2.75, 3.05) is 9.80 Å². The predicted molar refractivity (Wildman–Crippen MR) is 295 cm³/mol. The first-order valence-corrected chi connectivity index (χ1v) is 30.7. The molecule has 0 aliphatic heterocycles. The zero-order valence-electron chi connectivity index (χ0n) is 39.3. The lowest BCUT2D eigenvalue weighted by atomic mass is 9.91. The zero-order valence-corrected chi connectivity index (χ0v) is 41.3. The van der Waals surface area contributed by atoms with Crippen molar-refractivity contribution in [3.8, 4) is 33.4 Å². The minimum absolute atomic E-state index is 0.176. The Labute approximate surface area is 398 Å². The standard InChI is InChI=1S/C63H56N2Si2/c1-66(2,3)63(67(4,5)6)57-43-59(64(49-31-15-9-16-32-49)51-35-23-29-47(41-51)45-25-11-7-12-26-45)53-37-19-21-39-55(53)61(57)62-56-40-22-20-38-54(56)60(44-58(62)63)65(50-33-17-10-18-34-50)52-36-24-30-48(42-52)46-27-13-8-14-28-46/h7-44H,1-6H3. The summed E-state index contributed by atoms with van der Waals surface area (Å²) in [5.74, 6) is 0. The van der Waals surface area contributed by atoms with Crippen molar-refractivity contribution in [2.45, 2.75) is 43.9 Å². The van der Waals surface area contributed by atoms with E-state index < -0.39 is 16.1 Å². The smallest absolute Gasteiger partial charge is 0.0579 e. The molecule has 0 bridgehead atoms. The zero-order chi connectivity index (χ0) is 45.9. The number of fused-ring (bicyclic) bond motifs is 7. The molecule has 0 saturated heterocycles. The maximum absolute atomic E-state index is 2.66. The van der Waals surface area contributed by atoms with Crippen LogP contribution in [0.4, 0.5) is 34.1 Å². The van der Waals surface area contributed by atoms with Crippen LogP contribution < -0.4 is 9.80 Å². The first-order chi connectivity index (χ1) is 32.5. The van der Waals surface area contributed by atoms with Crippen LogP contribution in [0.1, 0.15) is 11.1 Å². The lowest BCUT2D eigenvalue weighted by molar-refractivity contribution is 0.953. The predicted octanol–water partition coefficient (Wildman–Crippen LogP) is 18.3. The summed E-state index contributed by atoms with van der Waals surface area (Å²) in [7, 11) is -4.40. The number of para-hydroxylation sites is 2. The molecule has 0 atom stereocenters. The maximum Gasteiger partial charge on any atom is 0.0579 e. The van der Waals surface area contributed by atoms with E-state index in [2.05, 4.69) is 280 Å². The Morgan fingerprint density at radius 1 is 0.284 bits per heavy atom. The summed E-state index contributed by atoms with van der Waals surface area (Å²) in [4.78, 5) is 5.05. The van der Waals surface area contributed by atoms with Gasteiger partial charge in [0.1, 0.15) is 0 Å². The van der Waals surface area contributed by atoms with E-state index in [4.69, 9.17) is 0 Å². The van der Waals surface area contributed by atoms with Crippen molar-refractivity contribution in [1.82, 2.24) is 0 Å². The van der Waals surface area contributed by atoms with E-state index in [1.54, 1.807) is 0 Å². The maximum atomic E-state index is 2.66. The van der Waals surface area contributed by atoms with Gasteiger partial charge in [-0.2, -0.15) is 0 Å². The first kappa shape index (κ1) is 42.4. The molecular formula is C63H56N2Si2. The Hall–Kier alpha value is -7.25. The number of hydrogen-bond donors (Lipinski definition) is 0. The molecule has 10 aromatic carbocycles. The summed E-state index contributed by atoms with van der Waals surface area (Å²) in [6.45, 7) is 15.9. The molecule has 0 amide bonds. The third kappa shape index (κ3) is 6.97. The van der Waals surface area contributed by atoms with E-state index in [-0.39, 0.29) is 4.66 Å². The highest BCUT2D eigenvalue weighted by molar-refractivity contribution is 7.00. The van der Waals surface area contributed by atoms with Gasteiger partial charge in [0, 0.05) is 38.2 Å². The molecule has 0 unspecified atom stereocenters. The summed E-state index contributed by atoms with van der Waals surface area (Å²) in [6, 6.07) is 85.6. The van der Waals surface area contributed by atoms with Gasteiger partial charge in [-0.3, -0.25) is 0 Å². The van der Waals surface area contributed by atoms with E-state index in [9.17, 15) is 0 Å². The average Bonchev–Trinajstić information content (AvgIpc) is 3.68. The van der Waals surface area contributed by atoms with Crippen LogP contribution in [-0.2, 0) is 4.66 Å².